The van der Waals surface area contributed by atoms with Gasteiger partial charge in [0.2, 0.25) is 0 Å². The zero-order valence-electron chi connectivity index (χ0n) is 12.8. The van der Waals surface area contributed by atoms with Gasteiger partial charge in [-0.15, -0.1) is 0 Å². The molecule has 0 saturated heterocycles. The summed E-state index contributed by atoms with van der Waals surface area (Å²) in [6.07, 6.45) is 3.06. The van der Waals surface area contributed by atoms with Crippen molar-refractivity contribution in [1.82, 2.24) is 0 Å². The summed E-state index contributed by atoms with van der Waals surface area (Å²) in [4.78, 5) is 26.0. The van der Waals surface area contributed by atoms with Crippen molar-refractivity contribution in [3.05, 3.63) is 58.3 Å². The number of fused-ring (bicyclic) bond motifs is 1. The minimum Gasteiger partial charge on any atom is -0.449 e. The second-order valence-electron chi connectivity index (χ2n) is 5.34. The van der Waals surface area contributed by atoms with Crippen molar-refractivity contribution in [2.75, 3.05) is 11.4 Å². The number of benzene rings is 1. The van der Waals surface area contributed by atoms with E-state index in [1.165, 1.54) is 6.08 Å². The molecule has 2 heterocycles. The number of anilines is 1. The van der Waals surface area contributed by atoms with Gasteiger partial charge in [0, 0.05) is 18.3 Å². The Morgan fingerprint density at radius 3 is 2.91 bits per heavy atom. The quantitative estimate of drug-likeness (QED) is 0.639. The molecule has 0 fully saturated rings. The average molecular weight is 327 g/mol. The Kier molecular flexibility index (Phi) is 4.57. The summed E-state index contributed by atoms with van der Waals surface area (Å²) in [5.41, 5.74) is 3.00. The monoisotopic (exact) mass is 327 g/mol. The lowest BCUT2D eigenvalue weighted by Gasteiger charge is -2.21. The normalized spacial score (nSPS) is 14.7. The molecular weight excluding hydrogens is 310 g/mol. The predicted molar refractivity (Wildman–Crippen MR) is 91.4 cm³/mol. The van der Waals surface area contributed by atoms with Crippen LogP contribution in [0.25, 0.3) is 6.08 Å². The van der Waals surface area contributed by atoms with Gasteiger partial charge in [0.1, 0.15) is 0 Å². The van der Waals surface area contributed by atoms with Crippen LogP contribution in [0.3, 0.4) is 0 Å². The molecule has 5 heteroatoms. The minimum atomic E-state index is -0.805. The topological polar surface area (TPSA) is 46.6 Å². The third-order valence-corrected chi connectivity index (χ3v) is 4.45. The summed E-state index contributed by atoms with van der Waals surface area (Å²) in [5, 5.41) is 3.86. The zero-order valence-corrected chi connectivity index (χ0v) is 13.6. The highest BCUT2D eigenvalue weighted by atomic mass is 32.1. The number of nitrogens with zero attached hydrogens (tertiary/aromatic N) is 1. The van der Waals surface area contributed by atoms with Gasteiger partial charge in [-0.2, -0.15) is 11.3 Å². The van der Waals surface area contributed by atoms with Crippen molar-refractivity contribution in [3.63, 3.8) is 0 Å². The number of carbonyl (C=O) groups is 2. The van der Waals surface area contributed by atoms with E-state index in [2.05, 4.69) is 0 Å². The number of thiophene rings is 1. The molecule has 0 N–H and O–H groups in total. The molecule has 4 nitrogen and oxygen atoms in total. The molecule has 1 amide bonds. The fraction of sp³-hybridized carbons (Fsp3) is 0.222. The molecule has 1 aliphatic rings. The minimum absolute atomic E-state index is 0.188. The fourth-order valence-electron chi connectivity index (χ4n) is 2.58. The molecular formula is C18H17NO3S. The molecule has 3 rings (SSSR count). The van der Waals surface area contributed by atoms with Crippen LogP contribution in [0.2, 0.25) is 0 Å². The molecule has 1 aromatic carbocycles. The lowest BCUT2D eigenvalue weighted by Crippen LogP contribution is -2.38. The Balaban J connectivity index is 1.61. The number of carbonyl (C=O) groups excluding carboxylic acids is 2. The van der Waals surface area contributed by atoms with Crippen molar-refractivity contribution in [1.29, 1.82) is 0 Å². The highest BCUT2D eigenvalue weighted by molar-refractivity contribution is 7.08. The van der Waals surface area contributed by atoms with Crippen LogP contribution in [0.15, 0.2) is 47.2 Å². The summed E-state index contributed by atoms with van der Waals surface area (Å²) in [6, 6.07) is 9.72. The van der Waals surface area contributed by atoms with E-state index in [0.29, 0.717) is 6.54 Å². The molecule has 0 aliphatic carbocycles. The summed E-state index contributed by atoms with van der Waals surface area (Å²) < 4.78 is 5.22. The van der Waals surface area contributed by atoms with Gasteiger partial charge in [0.05, 0.1) is 0 Å². The van der Waals surface area contributed by atoms with Crippen LogP contribution in [-0.2, 0) is 20.7 Å². The first-order valence-electron chi connectivity index (χ1n) is 7.45. The van der Waals surface area contributed by atoms with E-state index in [-0.39, 0.29) is 5.91 Å². The summed E-state index contributed by atoms with van der Waals surface area (Å²) in [7, 11) is 0. The predicted octanol–water partition coefficient (Wildman–Crippen LogP) is 3.28. The zero-order chi connectivity index (χ0) is 16.2. The van der Waals surface area contributed by atoms with Gasteiger partial charge in [-0.25, -0.2) is 4.79 Å². The average Bonchev–Trinajstić information content (AvgIpc) is 3.21. The largest absolute Gasteiger partial charge is 0.449 e. The summed E-state index contributed by atoms with van der Waals surface area (Å²) >= 11 is 1.56. The van der Waals surface area contributed by atoms with Gasteiger partial charge in [-0.3, -0.25) is 4.79 Å². The molecule has 0 unspecified atom stereocenters. The van der Waals surface area contributed by atoms with E-state index in [9.17, 15) is 9.59 Å². The van der Waals surface area contributed by atoms with Crippen molar-refractivity contribution in [2.45, 2.75) is 19.4 Å². The lowest BCUT2D eigenvalue weighted by molar-refractivity contribution is -0.149. The molecule has 1 aromatic heterocycles. The molecule has 118 valence electrons. The second kappa shape index (κ2) is 6.79. The molecule has 2 aromatic rings. The van der Waals surface area contributed by atoms with Crippen molar-refractivity contribution >= 4 is 35.0 Å². The number of hydrogen-bond donors (Lipinski definition) is 0. The van der Waals surface area contributed by atoms with E-state index >= 15 is 0 Å². The molecule has 0 spiro atoms. The standard InChI is InChI=1S/C18H17NO3S/c1-13(22-17(20)7-6-14-9-11-23-12-14)18(21)19-10-8-15-4-2-3-5-16(15)19/h2-7,9,11-13H,8,10H2,1H3/b7-6+/t13-/m0/s1. The van der Waals surface area contributed by atoms with Gasteiger partial charge in [0.15, 0.2) is 6.10 Å². The van der Waals surface area contributed by atoms with Gasteiger partial charge >= 0.3 is 5.97 Å². The smallest absolute Gasteiger partial charge is 0.331 e. The van der Waals surface area contributed by atoms with Crippen molar-refractivity contribution < 1.29 is 14.3 Å². The number of esters is 1. The summed E-state index contributed by atoms with van der Waals surface area (Å²) in [6.45, 7) is 2.24. The van der Waals surface area contributed by atoms with Gasteiger partial charge in [-0.05, 0) is 53.4 Å². The number of ether oxygens (including phenoxy) is 1. The first-order chi connectivity index (χ1) is 11.1. The maximum atomic E-state index is 12.5. The Morgan fingerprint density at radius 1 is 1.30 bits per heavy atom. The molecule has 1 atom stereocenters. The number of para-hydroxylation sites is 1. The number of rotatable bonds is 4. The first kappa shape index (κ1) is 15.5. The van der Waals surface area contributed by atoms with Gasteiger partial charge in [-0.1, -0.05) is 18.2 Å². The molecule has 1 aliphatic heterocycles. The van der Waals surface area contributed by atoms with Crippen LogP contribution >= 0.6 is 11.3 Å². The van der Waals surface area contributed by atoms with Crippen LogP contribution in [0.4, 0.5) is 5.69 Å². The van der Waals surface area contributed by atoms with Crippen molar-refractivity contribution in [2.24, 2.45) is 0 Å². The van der Waals surface area contributed by atoms with Crippen LogP contribution < -0.4 is 4.90 Å². The van der Waals surface area contributed by atoms with Crippen molar-refractivity contribution in [3.8, 4) is 0 Å². The second-order valence-corrected chi connectivity index (χ2v) is 6.12. The Hall–Kier alpha value is -2.40. The first-order valence-corrected chi connectivity index (χ1v) is 8.39. The highest BCUT2D eigenvalue weighted by Gasteiger charge is 2.29. The number of amides is 1. The van der Waals surface area contributed by atoms with Crippen LogP contribution in [-0.4, -0.2) is 24.5 Å². The third-order valence-electron chi connectivity index (χ3n) is 3.75. The Bertz CT molecular complexity index is 736. The molecule has 0 bridgehead atoms. The van der Waals surface area contributed by atoms with E-state index in [1.54, 1.807) is 29.2 Å². The van der Waals surface area contributed by atoms with E-state index in [4.69, 9.17) is 4.74 Å². The van der Waals surface area contributed by atoms with E-state index < -0.39 is 12.1 Å². The van der Waals surface area contributed by atoms with Crippen LogP contribution in [0.5, 0.6) is 0 Å². The Labute approximate surface area is 139 Å². The van der Waals surface area contributed by atoms with E-state index in [1.807, 2.05) is 41.1 Å². The van der Waals surface area contributed by atoms with Gasteiger partial charge < -0.3 is 9.64 Å². The fourth-order valence-corrected chi connectivity index (χ4v) is 3.21. The van der Waals surface area contributed by atoms with Crippen LogP contribution in [0.1, 0.15) is 18.1 Å². The Morgan fingerprint density at radius 2 is 2.13 bits per heavy atom. The van der Waals surface area contributed by atoms with Gasteiger partial charge in [0.25, 0.3) is 5.91 Å². The molecule has 0 saturated carbocycles. The third kappa shape index (κ3) is 3.51. The molecule has 0 radical (unpaired) electrons. The molecule has 23 heavy (non-hydrogen) atoms. The number of hydrogen-bond acceptors (Lipinski definition) is 4. The highest BCUT2D eigenvalue weighted by Crippen LogP contribution is 2.28. The maximum Gasteiger partial charge on any atom is 0.331 e. The van der Waals surface area contributed by atoms with E-state index in [0.717, 1.165) is 23.2 Å². The van der Waals surface area contributed by atoms with Crippen LogP contribution in [0, 0.1) is 0 Å². The maximum absolute atomic E-state index is 12.5. The SMILES string of the molecule is C[C@H](OC(=O)/C=C/c1ccsc1)C(=O)N1CCc2ccccc21. The summed E-state index contributed by atoms with van der Waals surface area (Å²) in [5.74, 6) is -0.697. The lowest BCUT2D eigenvalue weighted by atomic mass is 10.2.